The molecule has 0 radical (unpaired) electrons. The predicted octanol–water partition coefficient (Wildman–Crippen LogP) is 3.93. The van der Waals surface area contributed by atoms with Gasteiger partial charge in [-0.15, -0.1) is 0 Å². The summed E-state index contributed by atoms with van der Waals surface area (Å²) in [5.41, 5.74) is 6.97. The molecule has 0 heterocycles. The van der Waals surface area contributed by atoms with Crippen molar-refractivity contribution < 1.29 is 9.53 Å². The lowest BCUT2D eigenvalue weighted by Crippen LogP contribution is -2.08. The molecular formula is C14H11Cl2NO2. The van der Waals surface area contributed by atoms with Crippen LogP contribution in [0.3, 0.4) is 0 Å². The van der Waals surface area contributed by atoms with Gasteiger partial charge >= 0.3 is 5.97 Å². The van der Waals surface area contributed by atoms with E-state index in [-0.39, 0.29) is 22.9 Å². The highest BCUT2D eigenvalue weighted by molar-refractivity contribution is 6.37. The molecule has 2 aromatic carbocycles. The second kappa shape index (κ2) is 5.95. The Hall–Kier alpha value is -1.71. The minimum absolute atomic E-state index is 0.170. The number of benzene rings is 2. The molecule has 0 saturated carbocycles. The lowest BCUT2D eigenvalue weighted by Gasteiger charge is -2.08. The van der Waals surface area contributed by atoms with E-state index in [2.05, 4.69) is 0 Å². The minimum atomic E-state index is -0.550. The van der Waals surface area contributed by atoms with E-state index in [0.29, 0.717) is 5.02 Å². The van der Waals surface area contributed by atoms with Crippen LogP contribution in [0.1, 0.15) is 15.9 Å². The van der Waals surface area contributed by atoms with Crippen LogP contribution in [0, 0.1) is 0 Å². The second-order valence-electron chi connectivity index (χ2n) is 3.91. The van der Waals surface area contributed by atoms with Crippen molar-refractivity contribution in [1.29, 1.82) is 0 Å². The van der Waals surface area contributed by atoms with Crippen molar-refractivity contribution in [3.8, 4) is 0 Å². The van der Waals surface area contributed by atoms with E-state index in [9.17, 15) is 4.79 Å². The van der Waals surface area contributed by atoms with Crippen molar-refractivity contribution in [3.63, 3.8) is 0 Å². The monoisotopic (exact) mass is 295 g/mol. The van der Waals surface area contributed by atoms with Crippen LogP contribution in [0.4, 0.5) is 5.69 Å². The highest BCUT2D eigenvalue weighted by atomic mass is 35.5. The summed E-state index contributed by atoms with van der Waals surface area (Å²) in [5.74, 6) is -0.550. The van der Waals surface area contributed by atoms with Crippen LogP contribution in [-0.2, 0) is 11.3 Å². The SMILES string of the molecule is Nc1c(Cl)cc(Cl)cc1C(=O)OCc1ccccc1. The van der Waals surface area contributed by atoms with Crippen molar-refractivity contribution in [3.05, 3.63) is 63.6 Å². The number of rotatable bonds is 3. The molecule has 0 aromatic heterocycles. The van der Waals surface area contributed by atoms with Gasteiger partial charge in [-0.05, 0) is 17.7 Å². The van der Waals surface area contributed by atoms with Crippen LogP contribution in [0.25, 0.3) is 0 Å². The lowest BCUT2D eigenvalue weighted by atomic mass is 10.2. The minimum Gasteiger partial charge on any atom is -0.457 e. The number of anilines is 1. The molecule has 2 aromatic rings. The number of carbonyl (C=O) groups excluding carboxylic acids is 1. The zero-order valence-electron chi connectivity index (χ0n) is 9.90. The second-order valence-corrected chi connectivity index (χ2v) is 4.75. The van der Waals surface area contributed by atoms with E-state index in [0.717, 1.165) is 5.56 Å². The van der Waals surface area contributed by atoms with Gasteiger partial charge in [0.1, 0.15) is 6.61 Å². The molecule has 0 aliphatic carbocycles. The van der Waals surface area contributed by atoms with E-state index in [1.807, 2.05) is 30.3 Å². The molecule has 2 N–H and O–H groups in total. The van der Waals surface area contributed by atoms with Crippen LogP contribution < -0.4 is 5.73 Å². The van der Waals surface area contributed by atoms with Gasteiger partial charge in [-0.1, -0.05) is 53.5 Å². The summed E-state index contributed by atoms with van der Waals surface area (Å²) in [6.07, 6.45) is 0. The summed E-state index contributed by atoms with van der Waals surface area (Å²) in [7, 11) is 0. The van der Waals surface area contributed by atoms with Crippen LogP contribution >= 0.6 is 23.2 Å². The fourth-order valence-electron chi connectivity index (χ4n) is 1.55. The molecule has 2 rings (SSSR count). The summed E-state index contributed by atoms with van der Waals surface area (Å²) in [5, 5.41) is 0.574. The molecule has 0 fully saturated rings. The van der Waals surface area contributed by atoms with Crippen LogP contribution in [0.2, 0.25) is 10.0 Å². The maximum absolute atomic E-state index is 11.9. The normalized spacial score (nSPS) is 10.2. The molecule has 0 atom stereocenters. The number of halogens is 2. The molecule has 0 aliphatic rings. The van der Waals surface area contributed by atoms with Crippen molar-refractivity contribution >= 4 is 34.9 Å². The van der Waals surface area contributed by atoms with Gasteiger partial charge in [0, 0.05) is 5.02 Å². The van der Waals surface area contributed by atoms with Crippen molar-refractivity contribution in [2.24, 2.45) is 0 Å². The van der Waals surface area contributed by atoms with Gasteiger partial charge < -0.3 is 10.5 Å². The van der Waals surface area contributed by atoms with E-state index >= 15 is 0 Å². The first kappa shape index (κ1) is 13.7. The lowest BCUT2D eigenvalue weighted by molar-refractivity contribution is 0.0474. The molecule has 98 valence electrons. The summed E-state index contributed by atoms with van der Waals surface area (Å²) in [6, 6.07) is 12.3. The standard InChI is InChI=1S/C14H11Cl2NO2/c15-10-6-11(13(17)12(16)7-10)14(18)19-8-9-4-2-1-3-5-9/h1-7H,8,17H2. The Morgan fingerprint density at radius 2 is 1.84 bits per heavy atom. The van der Waals surface area contributed by atoms with E-state index in [4.69, 9.17) is 33.7 Å². The third-order valence-corrected chi connectivity index (χ3v) is 3.06. The number of carbonyl (C=O) groups is 1. The fraction of sp³-hybridized carbons (Fsp3) is 0.0714. The molecular weight excluding hydrogens is 285 g/mol. The van der Waals surface area contributed by atoms with E-state index < -0.39 is 5.97 Å². The Morgan fingerprint density at radius 3 is 2.53 bits per heavy atom. The van der Waals surface area contributed by atoms with Gasteiger partial charge in [0.05, 0.1) is 16.3 Å². The first-order chi connectivity index (χ1) is 9.08. The Balaban J connectivity index is 2.13. The molecule has 0 aliphatic heterocycles. The molecule has 0 saturated heterocycles. The Kier molecular flexibility index (Phi) is 4.30. The van der Waals surface area contributed by atoms with Gasteiger partial charge in [-0.3, -0.25) is 0 Å². The highest BCUT2D eigenvalue weighted by Gasteiger charge is 2.15. The maximum atomic E-state index is 11.9. The Bertz CT molecular complexity index is 600. The number of esters is 1. The van der Waals surface area contributed by atoms with Crippen molar-refractivity contribution in [1.82, 2.24) is 0 Å². The van der Waals surface area contributed by atoms with E-state index in [1.54, 1.807) is 0 Å². The summed E-state index contributed by atoms with van der Waals surface area (Å²) >= 11 is 11.7. The first-order valence-electron chi connectivity index (χ1n) is 5.53. The summed E-state index contributed by atoms with van der Waals surface area (Å²) in [6.45, 7) is 0.170. The molecule has 3 nitrogen and oxygen atoms in total. The largest absolute Gasteiger partial charge is 0.457 e. The fourth-order valence-corrected chi connectivity index (χ4v) is 2.05. The van der Waals surface area contributed by atoms with Crippen molar-refractivity contribution in [2.75, 3.05) is 5.73 Å². The third kappa shape index (κ3) is 3.40. The summed E-state index contributed by atoms with van der Waals surface area (Å²) in [4.78, 5) is 11.9. The number of hydrogen-bond acceptors (Lipinski definition) is 3. The van der Waals surface area contributed by atoms with Crippen LogP contribution in [0.5, 0.6) is 0 Å². The van der Waals surface area contributed by atoms with Crippen LogP contribution in [0.15, 0.2) is 42.5 Å². The zero-order chi connectivity index (χ0) is 13.8. The Morgan fingerprint density at radius 1 is 1.16 bits per heavy atom. The third-order valence-electron chi connectivity index (χ3n) is 2.53. The average Bonchev–Trinajstić information content (AvgIpc) is 2.41. The molecule has 0 spiro atoms. The highest BCUT2D eigenvalue weighted by Crippen LogP contribution is 2.28. The maximum Gasteiger partial charge on any atom is 0.340 e. The van der Waals surface area contributed by atoms with Gasteiger partial charge in [0.25, 0.3) is 0 Å². The number of ether oxygens (including phenoxy) is 1. The molecule has 0 bridgehead atoms. The number of nitrogens with two attached hydrogens (primary N) is 1. The average molecular weight is 296 g/mol. The number of hydrogen-bond donors (Lipinski definition) is 1. The zero-order valence-corrected chi connectivity index (χ0v) is 11.4. The molecule has 5 heteroatoms. The van der Waals surface area contributed by atoms with Gasteiger partial charge in [-0.2, -0.15) is 0 Å². The molecule has 0 amide bonds. The van der Waals surface area contributed by atoms with Gasteiger partial charge in [-0.25, -0.2) is 4.79 Å². The Labute approximate surface area is 120 Å². The van der Waals surface area contributed by atoms with Gasteiger partial charge in [0.2, 0.25) is 0 Å². The van der Waals surface area contributed by atoms with Gasteiger partial charge in [0.15, 0.2) is 0 Å². The number of nitrogen functional groups attached to an aromatic ring is 1. The van der Waals surface area contributed by atoms with E-state index in [1.165, 1.54) is 12.1 Å². The molecule has 19 heavy (non-hydrogen) atoms. The quantitative estimate of drug-likeness (QED) is 0.689. The van der Waals surface area contributed by atoms with Crippen LogP contribution in [-0.4, -0.2) is 5.97 Å². The topological polar surface area (TPSA) is 52.3 Å². The summed E-state index contributed by atoms with van der Waals surface area (Å²) < 4.78 is 5.17. The van der Waals surface area contributed by atoms with Crippen molar-refractivity contribution in [2.45, 2.75) is 6.61 Å². The molecule has 0 unspecified atom stereocenters. The first-order valence-corrected chi connectivity index (χ1v) is 6.29. The smallest absolute Gasteiger partial charge is 0.340 e. The predicted molar refractivity (Wildman–Crippen MR) is 76.4 cm³/mol.